The average molecular weight is 259 g/mol. The van der Waals surface area contributed by atoms with Crippen molar-refractivity contribution in [3.8, 4) is 0 Å². The number of hydrogen-bond donors (Lipinski definition) is 0. The van der Waals surface area contributed by atoms with Gasteiger partial charge in [-0.1, -0.05) is 43.4 Å². The van der Waals surface area contributed by atoms with Crippen molar-refractivity contribution in [2.75, 3.05) is 18.0 Å². The summed E-state index contributed by atoms with van der Waals surface area (Å²) in [6.07, 6.45) is 2.01. The molecule has 1 atom stereocenters. The number of fused-ring (bicyclic) bond motifs is 1. The van der Waals surface area contributed by atoms with Crippen LogP contribution in [-0.4, -0.2) is 21.2 Å². The molecule has 18 heavy (non-hydrogen) atoms. The van der Waals surface area contributed by atoms with Crippen LogP contribution in [0.25, 0.3) is 0 Å². The molecule has 1 aromatic carbocycles. The van der Waals surface area contributed by atoms with E-state index >= 15 is 0 Å². The van der Waals surface area contributed by atoms with Gasteiger partial charge in [0, 0.05) is 32.8 Å². The second kappa shape index (κ2) is 4.92. The summed E-state index contributed by atoms with van der Waals surface area (Å²) in [6, 6.07) is 8.30. The van der Waals surface area contributed by atoms with Crippen LogP contribution in [0.3, 0.4) is 0 Å². The topological polar surface area (TPSA) is 3.24 Å². The number of anilines is 1. The van der Waals surface area contributed by atoms with E-state index in [1.54, 1.807) is 5.56 Å². The highest BCUT2D eigenvalue weighted by atomic mass is 28.3. The van der Waals surface area contributed by atoms with Gasteiger partial charge in [-0.2, -0.15) is 0 Å². The molecule has 0 radical (unpaired) electrons. The molecule has 0 bridgehead atoms. The van der Waals surface area contributed by atoms with Crippen LogP contribution >= 0.6 is 0 Å². The van der Waals surface area contributed by atoms with Crippen LogP contribution < -0.4 is 4.90 Å². The lowest BCUT2D eigenvalue weighted by atomic mass is 10.0. The zero-order valence-corrected chi connectivity index (χ0v) is 13.2. The van der Waals surface area contributed by atoms with Gasteiger partial charge >= 0.3 is 0 Å². The summed E-state index contributed by atoms with van der Waals surface area (Å²) in [5, 5.41) is 0. The summed E-state index contributed by atoms with van der Waals surface area (Å²) in [4.78, 5) is 2.48. The molecule has 1 heterocycles. The maximum atomic E-state index is 3.88. The highest BCUT2D eigenvalue weighted by Crippen LogP contribution is 2.40. The quantitative estimate of drug-likeness (QED) is 0.571. The molecule has 1 aliphatic rings. The minimum atomic E-state index is -1.01. The molecule has 0 spiro atoms. The van der Waals surface area contributed by atoms with Gasteiger partial charge in [0.1, 0.15) is 0 Å². The lowest BCUT2D eigenvalue weighted by Gasteiger charge is -2.22. The summed E-state index contributed by atoms with van der Waals surface area (Å²) in [6.45, 7) is 15.6. The third-order valence-corrected chi connectivity index (χ3v) is 5.33. The van der Waals surface area contributed by atoms with Crippen LogP contribution in [-0.2, 0) is 0 Å². The highest BCUT2D eigenvalue weighted by Gasteiger charge is 2.31. The molecule has 0 aromatic heterocycles. The molecule has 0 saturated carbocycles. The zero-order chi connectivity index (χ0) is 13.3. The minimum absolute atomic E-state index is 0.728. The van der Waals surface area contributed by atoms with Crippen molar-refractivity contribution in [2.24, 2.45) is 0 Å². The lowest BCUT2D eigenvalue weighted by Crippen LogP contribution is -2.27. The van der Waals surface area contributed by atoms with Crippen LogP contribution in [0, 0.1) is 6.92 Å². The maximum absolute atomic E-state index is 3.88. The Morgan fingerprint density at radius 1 is 1.39 bits per heavy atom. The third kappa shape index (κ3) is 2.86. The molecule has 1 aliphatic heterocycles. The van der Waals surface area contributed by atoms with E-state index in [2.05, 4.69) is 56.2 Å². The molecule has 0 N–H and O–H groups in total. The van der Waals surface area contributed by atoms with E-state index in [9.17, 15) is 0 Å². The molecule has 0 fully saturated rings. The third-order valence-electron chi connectivity index (χ3n) is 3.61. The molecule has 98 valence electrons. The smallest absolute Gasteiger partial charge is 0.0449 e. The number of nitrogens with zero attached hydrogens (tertiary/aromatic N) is 1. The molecule has 1 nitrogen and oxygen atoms in total. The number of rotatable bonds is 4. The molecular weight excluding hydrogens is 234 g/mol. The fourth-order valence-electron chi connectivity index (χ4n) is 2.99. The van der Waals surface area contributed by atoms with Crippen molar-refractivity contribution in [3.63, 3.8) is 0 Å². The molecule has 1 unspecified atom stereocenters. The number of hydrogen-bond acceptors (Lipinski definition) is 1. The monoisotopic (exact) mass is 259 g/mol. The predicted molar refractivity (Wildman–Crippen MR) is 84.5 cm³/mol. The molecular formula is C16H25NSi. The first kappa shape index (κ1) is 13.4. The van der Waals surface area contributed by atoms with Crippen molar-refractivity contribution in [3.05, 3.63) is 42.0 Å². The fourth-order valence-corrected chi connectivity index (χ4v) is 4.82. The van der Waals surface area contributed by atoms with Crippen LogP contribution in [0.5, 0.6) is 0 Å². The first-order valence-electron chi connectivity index (χ1n) is 6.87. The van der Waals surface area contributed by atoms with Gasteiger partial charge in [-0.3, -0.25) is 0 Å². The summed E-state index contributed by atoms with van der Waals surface area (Å²) >= 11 is 0. The van der Waals surface area contributed by atoms with Gasteiger partial charge < -0.3 is 4.90 Å². The van der Waals surface area contributed by atoms with Gasteiger partial charge in [0.05, 0.1) is 0 Å². The molecule has 1 aromatic rings. The Morgan fingerprint density at radius 3 is 2.72 bits per heavy atom. The number of benzene rings is 1. The van der Waals surface area contributed by atoms with Crippen LogP contribution in [0.4, 0.5) is 5.69 Å². The minimum Gasteiger partial charge on any atom is -0.367 e. The Balaban J connectivity index is 2.31. The van der Waals surface area contributed by atoms with E-state index in [4.69, 9.17) is 0 Å². The average Bonchev–Trinajstić information content (AvgIpc) is 2.55. The molecule has 2 heteroatoms. The maximum Gasteiger partial charge on any atom is 0.0449 e. The molecule has 0 aliphatic carbocycles. The molecule has 2 rings (SSSR count). The normalized spacial score (nSPS) is 18.9. The van der Waals surface area contributed by atoms with E-state index in [0.717, 1.165) is 12.5 Å². The van der Waals surface area contributed by atoms with E-state index in [1.807, 2.05) is 6.08 Å². The van der Waals surface area contributed by atoms with Crippen molar-refractivity contribution in [1.29, 1.82) is 0 Å². The first-order chi connectivity index (χ1) is 8.40. The van der Waals surface area contributed by atoms with Gasteiger partial charge in [0.15, 0.2) is 0 Å². The predicted octanol–water partition coefficient (Wildman–Crippen LogP) is 4.42. The van der Waals surface area contributed by atoms with Crippen molar-refractivity contribution >= 4 is 13.8 Å². The number of aryl methyl sites for hydroxylation is 1. The van der Waals surface area contributed by atoms with Crippen LogP contribution in [0.15, 0.2) is 30.9 Å². The van der Waals surface area contributed by atoms with Crippen molar-refractivity contribution in [1.82, 2.24) is 0 Å². The Labute approximate surface area is 113 Å². The van der Waals surface area contributed by atoms with Gasteiger partial charge in [-0.25, -0.2) is 0 Å². The van der Waals surface area contributed by atoms with E-state index in [0.29, 0.717) is 0 Å². The van der Waals surface area contributed by atoms with Gasteiger partial charge in [0.2, 0.25) is 0 Å². The van der Waals surface area contributed by atoms with Gasteiger partial charge in [0.25, 0.3) is 0 Å². The molecule has 0 saturated heterocycles. The summed E-state index contributed by atoms with van der Waals surface area (Å²) in [7, 11) is -1.01. The van der Waals surface area contributed by atoms with E-state index < -0.39 is 8.07 Å². The van der Waals surface area contributed by atoms with Gasteiger partial charge in [-0.15, -0.1) is 6.58 Å². The molecule has 0 amide bonds. The second-order valence-corrected chi connectivity index (χ2v) is 12.2. The van der Waals surface area contributed by atoms with Crippen LogP contribution in [0.2, 0.25) is 25.7 Å². The Hall–Kier alpha value is -1.02. The summed E-state index contributed by atoms with van der Waals surface area (Å²) < 4.78 is 0. The Kier molecular flexibility index (Phi) is 3.67. The summed E-state index contributed by atoms with van der Waals surface area (Å²) in [5.41, 5.74) is 4.39. The highest BCUT2D eigenvalue weighted by molar-refractivity contribution is 6.76. The Morgan fingerprint density at radius 2 is 2.11 bits per heavy atom. The zero-order valence-electron chi connectivity index (χ0n) is 12.2. The summed E-state index contributed by atoms with van der Waals surface area (Å²) in [5.74, 6) is 0.728. The van der Waals surface area contributed by atoms with Crippen molar-refractivity contribution in [2.45, 2.75) is 38.5 Å². The van der Waals surface area contributed by atoms with E-state index in [1.165, 1.54) is 23.8 Å². The standard InChI is InChI=1S/C16H25NSi/c1-6-9-17-11-14(12-18(3,4)5)15-10-13(2)7-8-16(15)17/h6-8,10,14H,1,9,11-12H2,2-5H3. The largest absolute Gasteiger partial charge is 0.367 e. The van der Waals surface area contributed by atoms with Gasteiger partial charge in [-0.05, 0) is 24.6 Å². The first-order valence-corrected chi connectivity index (χ1v) is 10.6. The Bertz CT molecular complexity index is 445. The second-order valence-electron chi connectivity index (χ2n) is 6.72. The van der Waals surface area contributed by atoms with Crippen LogP contribution in [0.1, 0.15) is 17.0 Å². The fraction of sp³-hybridized carbons (Fsp3) is 0.500. The lowest BCUT2D eigenvalue weighted by molar-refractivity contribution is 0.765. The SMILES string of the molecule is C=CCN1CC(C[Si](C)(C)C)c2cc(C)ccc21. The van der Waals surface area contributed by atoms with Crippen molar-refractivity contribution < 1.29 is 0 Å². The van der Waals surface area contributed by atoms with E-state index in [-0.39, 0.29) is 0 Å².